The molecular weight excluding hydrogens is 228 g/mol. The zero-order valence-corrected chi connectivity index (χ0v) is 9.87. The van der Waals surface area contributed by atoms with E-state index in [1.165, 1.54) is 6.33 Å². The van der Waals surface area contributed by atoms with Gasteiger partial charge in [-0.05, 0) is 6.54 Å². The van der Waals surface area contributed by atoms with Crippen molar-refractivity contribution >= 4 is 29.4 Å². The SMILES string of the molecule is CCNCCn1cnc2c(N)ncnc21.Cl. The van der Waals surface area contributed by atoms with Crippen molar-refractivity contribution in [2.75, 3.05) is 18.8 Å². The van der Waals surface area contributed by atoms with E-state index < -0.39 is 0 Å². The summed E-state index contributed by atoms with van der Waals surface area (Å²) in [6.45, 7) is 4.77. The molecule has 3 N–H and O–H groups in total. The Balaban J connectivity index is 0.00000128. The van der Waals surface area contributed by atoms with E-state index in [0.29, 0.717) is 11.3 Å². The Hall–Kier alpha value is -1.40. The second kappa shape index (κ2) is 5.62. The van der Waals surface area contributed by atoms with Gasteiger partial charge in [-0.25, -0.2) is 15.0 Å². The lowest BCUT2D eigenvalue weighted by Gasteiger charge is -2.03. The summed E-state index contributed by atoms with van der Waals surface area (Å²) in [7, 11) is 0. The van der Waals surface area contributed by atoms with Gasteiger partial charge in [0.05, 0.1) is 6.33 Å². The van der Waals surface area contributed by atoms with Crippen LogP contribution in [0.4, 0.5) is 5.82 Å². The number of aromatic nitrogens is 4. The second-order valence-corrected chi connectivity index (χ2v) is 3.22. The molecule has 0 amide bonds. The molecule has 0 spiro atoms. The Kier molecular flexibility index (Phi) is 4.45. The molecule has 2 rings (SSSR count). The van der Waals surface area contributed by atoms with Crippen LogP contribution in [-0.4, -0.2) is 32.6 Å². The molecule has 0 fully saturated rings. The van der Waals surface area contributed by atoms with Crippen LogP contribution in [0.1, 0.15) is 6.92 Å². The fourth-order valence-electron chi connectivity index (χ4n) is 1.44. The van der Waals surface area contributed by atoms with Gasteiger partial charge in [0, 0.05) is 13.1 Å². The average molecular weight is 243 g/mol. The molecule has 2 heterocycles. The quantitative estimate of drug-likeness (QED) is 0.761. The van der Waals surface area contributed by atoms with Crippen molar-refractivity contribution in [1.82, 2.24) is 24.8 Å². The first kappa shape index (κ1) is 12.7. The van der Waals surface area contributed by atoms with Gasteiger partial charge in [-0.2, -0.15) is 0 Å². The van der Waals surface area contributed by atoms with Crippen molar-refractivity contribution < 1.29 is 0 Å². The van der Waals surface area contributed by atoms with Gasteiger partial charge in [0.25, 0.3) is 0 Å². The van der Waals surface area contributed by atoms with Gasteiger partial charge in [0.1, 0.15) is 11.8 Å². The maximum Gasteiger partial charge on any atom is 0.165 e. The van der Waals surface area contributed by atoms with Crippen molar-refractivity contribution in [3.63, 3.8) is 0 Å². The van der Waals surface area contributed by atoms with Gasteiger partial charge in [-0.1, -0.05) is 6.92 Å². The first-order chi connectivity index (χ1) is 7.33. The molecule has 0 saturated carbocycles. The minimum Gasteiger partial charge on any atom is -0.382 e. The lowest BCUT2D eigenvalue weighted by molar-refractivity contribution is 0.621. The smallest absolute Gasteiger partial charge is 0.165 e. The molecule has 2 aromatic rings. The Labute approximate surface area is 99.7 Å². The zero-order valence-electron chi connectivity index (χ0n) is 9.05. The zero-order chi connectivity index (χ0) is 10.7. The van der Waals surface area contributed by atoms with Crippen LogP contribution >= 0.6 is 12.4 Å². The third-order valence-electron chi connectivity index (χ3n) is 2.21. The summed E-state index contributed by atoms with van der Waals surface area (Å²) in [4.78, 5) is 12.2. The number of anilines is 1. The Morgan fingerprint density at radius 3 is 2.94 bits per heavy atom. The van der Waals surface area contributed by atoms with E-state index in [0.717, 1.165) is 25.3 Å². The van der Waals surface area contributed by atoms with Crippen LogP contribution in [0.3, 0.4) is 0 Å². The van der Waals surface area contributed by atoms with Crippen molar-refractivity contribution in [1.29, 1.82) is 0 Å². The molecule has 0 radical (unpaired) electrons. The number of imidazole rings is 1. The van der Waals surface area contributed by atoms with Crippen molar-refractivity contribution in [3.05, 3.63) is 12.7 Å². The third kappa shape index (κ3) is 2.40. The summed E-state index contributed by atoms with van der Waals surface area (Å²) in [5.74, 6) is 0.433. The van der Waals surface area contributed by atoms with E-state index >= 15 is 0 Å². The summed E-state index contributed by atoms with van der Waals surface area (Å²) in [5, 5.41) is 3.24. The predicted octanol–water partition coefficient (Wildman–Crippen LogP) is 0.440. The molecule has 7 heteroatoms. The summed E-state index contributed by atoms with van der Waals surface area (Å²) >= 11 is 0. The molecule has 0 bridgehead atoms. The maximum absolute atomic E-state index is 5.68. The van der Waals surface area contributed by atoms with E-state index in [-0.39, 0.29) is 12.4 Å². The fourth-order valence-corrected chi connectivity index (χ4v) is 1.44. The molecule has 0 aromatic carbocycles. The number of rotatable bonds is 4. The molecule has 6 nitrogen and oxygen atoms in total. The number of hydrogen-bond donors (Lipinski definition) is 2. The van der Waals surface area contributed by atoms with Crippen LogP contribution in [-0.2, 0) is 6.54 Å². The minimum absolute atomic E-state index is 0. The average Bonchev–Trinajstić information content (AvgIpc) is 2.64. The number of nitrogens with zero attached hydrogens (tertiary/aromatic N) is 4. The molecule has 0 atom stereocenters. The summed E-state index contributed by atoms with van der Waals surface area (Å²) in [6, 6.07) is 0. The number of nitrogens with two attached hydrogens (primary N) is 1. The topological polar surface area (TPSA) is 81.7 Å². The number of likely N-dealkylation sites (N-methyl/N-ethyl adjacent to an activating group) is 1. The number of nitrogens with one attached hydrogen (secondary N) is 1. The van der Waals surface area contributed by atoms with E-state index in [2.05, 4.69) is 27.2 Å². The Morgan fingerprint density at radius 2 is 2.19 bits per heavy atom. The number of fused-ring (bicyclic) bond motifs is 1. The molecule has 0 aliphatic carbocycles. The molecule has 0 unspecified atom stereocenters. The monoisotopic (exact) mass is 242 g/mol. The standard InChI is InChI=1S/C9H14N6.ClH/c1-2-11-3-4-15-6-14-7-8(10)12-5-13-9(7)15;/h5-6,11H,2-4H2,1H3,(H2,10,12,13);1H. The number of nitrogen functional groups attached to an aromatic ring is 1. The first-order valence-corrected chi connectivity index (χ1v) is 4.95. The van der Waals surface area contributed by atoms with Crippen molar-refractivity contribution in [2.24, 2.45) is 0 Å². The lowest BCUT2D eigenvalue weighted by Crippen LogP contribution is -2.19. The fraction of sp³-hybridized carbons (Fsp3) is 0.444. The van der Waals surface area contributed by atoms with Crippen LogP contribution in [0.2, 0.25) is 0 Å². The van der Waals surface area contributed by atoms with E-state index in [1.807, 2.05) is 4.57 Å². The Morgan fingerprint density at radius 1 is 1.38 bits per heavy atom. The largest absolute Gasteiger partial charge is 0.382 e. The van der Waals surface area contributed by atoms with Gasteiger partial charge in [-0.15, -0.1) is 12.4 Å². The highest BCUT2D eigenvalue weighted by Gasteiger charge is 2.06. The molecule has 0 saturated heterocycles. The van der Waals surface area contributed by atoms with Gasteiger partial charge in [0.2, 0.25) is 0 Å². The third-order valence-corrected chi connectivity index (χ3v) is 2.21. The van der Waals surface area contributed by atoms with Crippen LogP contribution in [0, 0.1) is 0 Å². The molecule has 0 aliphatic rings. The number of hydrogen-bond acceptors (Lipinski definition) is 5. The van der Waals surface area contributed by atoms with Crippen LogP contribution in [0.25, 0.3) is 11.2 Å². The predicted molar refractivity (Wildman–Crippen MR) is 65.5 cm³/mol. The number of halogens is 1. The van der Waals surface area contributed by atoms with Gasteiger partial charge in [-0.3, -0.25) is 0 Å². The van der Waals surface area contributed by atoms with Gasteiger partial charge >= 0.3 is 0 Å². The maximum atomic E-state index is 5.68. The lowest BCUT2D eigenvalue weighted by atomic mass is 10.5. The van der Waals surface area contributed by atoms with Crippen LogP contribution in [0.5, 0.6) is 0 Å². The minimum atomic E-state index is 0. The van der Waals surface area contributed by atoms with E-state index in [4.69, 9.17) is 5.73 Å². The summed E-state index contributed by atoms with van der Waals surface area (Å²) < 4.78 is 1.97. The normalized spacial score (nSPS) is 10.3. The highest BCUT2D eigenvalue weighted by Crippen LogP contribution is 2.13. The summed E-state index contributed by atoms with van der Waals surface area (Å²) in [6.07, 6.45) is 3.20. The molecule has 88 valence electrons. The van der Waals surface area contributed by atoms with E-state index in [1.54, 1.807) is 6.33 Å². The van der Waals surface area contributed by atoms with Gasteiger partial charge in [0.15, 0.2) is 11.5 Å². The van der Waals surface area contributed by atoms with Crippen LogP contribution in [0.15, 0.2) is 12.7 Å². The second-order valence-electron chi connectivity index (χ2n) is 3.22. The van der Waals surface area contributed by atoms with Gasteiger partial charge < -0.3 is 15.6 Å². The first-order valence-electron chi connectivity index (χ1n) is 4.95. The molecule has 16 heavy (non-hydrogen) atoms. The molecule has 2 aromatic heterocycles. The van der Waals surface area contributed by atoms with E-state index in [9.17, 15) is 0 Å². The molecular formula is C9H15ClN6. The highest BCUT2D eigenvalue weighted by atomic mass is 35.5. The Bertz CT molecular complexity index is 454. The highest BCUT2D eigenvalue weighted by molar-refractivity contribution is 5.85. The van der Waals surface area contributed by atoms with Crippen molar-refractivity contribution in [3.8, 4) is 0 Å². The van der Waals surface area contributed by atoms with Crippen molar-refractivity contribution in [2.45, 2.75) is 13.5 Å². The molecule has 0 aliphatic heterocycles. The van der Waals surface area contributed by atoms with Crippen LogP contribution < -0.4 is 11.1 Å². The summed E-state index contributed by atoms with van der Waals surface area (Å²) in [5.41, 5.74) is 7.15.